The second-order valence-corrected chi connectivity index (χ2v) is 7.36. The number of aromatic nitrogens is 2. The van der Waals surface area contributed by atoms with Crippen molar-refractivity contribution in [3.8, 4) is 0 Å². The average molecular weight is 338 g/mol. The van der Waals surface area contributed by atoms with Crippen molar-refractivity contribution in [2.45, 2.75) is 32.6 Å². The van der Waals surface area contributed by atoms with Gasteiger partial charge in [-0.1, -0.05) is 0 Å². The molecule has 4 rings (SSSR count). The van der Waals surface area contributed by atoms with Crippen LogP contribution in [0, 0.1) is 0 Å². The quantitative estimate of drug-likeness (QED) is 0.488. The third-order valence-electron chi connectivity index (χ3n) is 5.50. The minimum atomic E-state index is 1.02. The molecule has 0 saturated carbocycles. The predicted octanol–water partition coefficient (Wildman–Crippen LogP) is 2.41. The van der Waals surface area contributed by atoms with Crippen LogP contribution in [0.3, 0.4) is 0 Å². The van der Waals surface area contributed by atoms with Crippen LogP contribution in [0.5, 0.6) is 0 Å². The van der Waals surface area contributed by atoms with Crippen LogP contribution in [0.2, 0.25) is 0 Å². The van der Waals surface area contributed by atoms with Gasteiger partial charge in [-0.05, 0) is 55.9 Å². The molecular weight excluding hydrogens is 310 g/mol. The molecule has 2 aromatic rings. The fourth-order valence-corrected chi connectivity index (χ4v) is 4.40. The zero-order valence-electron chi connectivity index (χ0n) is 15.8. The molecule has 0 bridgehead atoms. The predicted molar refractivity (Wildman–Crippen MR) is 103 cm³/mol. The van der Waals surface area contributed by atoms with Gasteiger partial charge in [0.25, 0.3) is 0 Å². The summed E-state index contributed by atoms with van der Waals surface area (Å²) in [6, 6.07) is 4.69. The SMILES string of the molecule is C/C(=N\N(C)c1cc2c3c(c1)CCCN3CCC2)c1n(C)cc[n+]1C. The lowest BCUT2D eigenvalue weighted by Gasteiger charge is -2.37. The molecule has 0 fully saturated rings. The van der Waals surface area contributed by atoms with Crippen molar-refractivity contribution in [2.75, 3.05) is 30.0 Å². The number of imidazole rings is 1. The van der Waals surface area contributed by atoms with Crippen LogP contribution >= 0.6 is 0 Å². The lowest BCUT2D eigenvalue weighted by Crippen LogP contribution is -2.35. The minimum absolute atomic E-state index is 1.02. The molecule has 0 aliphatic carbocycles. The molecule has 3 heterocycles. The van der Waals surface area contributed by atoms with Crippen LogP contribution in [-0.4, -0.2) is 30.4 Å². The molecule has 1 aromatic carbocycles. The lowest BCUT2D eigenvalue weighted by atomic mass is 9.91. The maximum absolute atomic E-state index is 4.87. The number of benzene rings is 1. The first-order chi connectivity index (χ1) is 12.0. The van der Waals surface area contributed by atoms with E-state index in [1.807, 2.05) is 5.01 Å². The van der Waals surface area contributed by atoms with Gasteiger partial charge < -0.3 is 4.90 Å². The Labute approximate surface area is 150 Å². The van der Waals surface area contributed by atoms with Gasteiger partial charge in [0.05, 0.1) is 19.8 Å². The van der Waals surface area contributed by atoms with Crippen molar-refractivity contribution in [3.63, 3.8) is 0 Å². The fourth-order valence-electron chi connectivity index (χ4n) is 4.40. The van der Waals surface area contributed by atoms with Crippen LogP contribution in [0.15, 0.2) is 29.6 Å². The van der Waals surface area contributed by atoms with Crippen LogP contribution in [0.1, 0.15) is 36.7 Å². The molecule has 0 saturated heterocycles. The molecule has 0 N–H and O–H groups in total. The highest BCUT2D eigenvalue weighted by molar-refractivity contribution is 5.95. The standard InChI is InChI=1S/C20H28N5/c1-15(20-22(2)11-12-23(20)3)21-24(4)18-13-16-7-5-9-25-10-6-8-17(14-18)19(16)25/h11-14H,5-10H2,1-4H3/q+1. The normalized spacial score (nSPS) is 16.8. The van der Waals surface area contributed by atoms with E-state index in [4.69, 9.17) is 5.10 Å². The molecule has 0 amide bonds. The van der Waals surface area contributed by atoms with Gasteiger partial charge in [0, 0.05) is 25.8 Å². The maximum Gasteiger partial charge on any atom is 0.304 e. The van der Waals surface area contributed by atoms with Gasteiger partial charge in [-0.3, -0.25) is 5.01 Å². The van der Waals surface area contributed by atoms with Crippen molar-refractivity contribution in [1.82, 2.24) is 4.57 Å². The van der Waals surface area contributed by atoms with Gasteiger partial charge in [-0.25, -0.2) is 9.13 Å². The molecule has 0 radical (unpaired) electrons. The third kappa shape index (κ3) is 2.81. The Balaban J connectivity index is 1.69. The summed E-state index contributed by atoms with van der Waals surface area (Å²) in [6.07, 6.45) is 9.03. The molecule has 2 aliphatic heterocycles. The highest BCUT2D eigenvalue weighted by atomic mass is 15.4. The number of rotatable bonds is 3. The first-order valence-corrected chi connectivity index (χ1v) is 9.25. The van der Waals surface area contributed by atoms with E-state index in [1.54, 1.807) is 0 Å². The Morgan fingerprint density at radius 1 is 1.16 bits per heavy atom. The largest absolute Gasteiger partial charge is 0.371 e. The molecule has 5 nitrogen and oxygen atoms in total. The molecule has 1 aromatic heterocycles. The molecule has 132 valence electrons. The van der Waals surface area contributed by atoms with Gasteiger partial charge in [0.2, 0.25) is 0 Å². The number of hydrogen-bond donors (Lipinski definition) is 0. The summed E-state index contributed by atoms with van der Waals surface area (Å²) in [4.78, 5) is 2.58. The monoisotopic (exact) mass is 338 g/mol. The average Bonchev–Trinajstić information content (AvgIpc) is 2.94. The van der Waals surface area contributed by atoms with Crippen LogP contribution < -0.4 is 14.5 Å². The van der Waals surface area contributed by atoms with E-state index in [-0.39, 0.29) is 0 Å². The highest BCUT2D eigenvalue weighted by Gasteiger charge is 2.25. The molecule has 25 heavy (non-hydrogen) atoms. The summed E-state index contributed by atoms with van der Waals surface area (Å²) < 4.78 is 4.22. The summed E-state index contributed by atoms with van der Waals surface area (Å²) in [7, 11) is 6.18. The second kappa shape index (κ2) is 6.21. The molecular formula is C20H28N5+. The van der Waals surface area contributed by atoms with Crippen LogP contribution in [0.4, 0.5) is 11.4 Å². The van der Waals surface area contributed by atoms with Crippen molar-refractivity contribution in [2.24, 2.45) is 19.2 Å². The summed E-state index contributed by atoms with van der Waals surface area (Å²) in [6.45, 7) is 4.52. The van der Waals surface area contributed by atoms with Crippen LogP contribution in [0.25, 0.3) is 0 Å². The van der Waals surface area contributed by atoms with Crippen LogP contribution in [-0.2, 0) is 26.9 Å². The number of hydrazone groups is 1. The summed E-state index contributed by atoms with van der Waals surface area (Å²) in [5.74, 6) is 1.12. The summed E-state index contributed by atoms with van der Waals surface area (Å²) in [5, 5.41) is 6.90. The zero-order valence-corrected chi connectivity index (χ0v) is 15.8. The number of hydrogen-bond acceptors (Lipinski definition) is 3. The van der Waals surface area contributed by atoms with Gasteiger partial charge in [-0.15, -0.1) is 0 Å². The Bertz CT molecular complexity index is 782. The maximum atomic E-state index is 4.87. The Hall–Kier alpha value is -2.30. The third-order valence-corrected chi connectivity index (χ3v) is 5.50. The fraction of sp³-hybridized carbons (Fsp3) is 0.500. The molecule has 5 heteroatoms. The topological polar surface area (TPSA) is 27.6 Å². The van der Waals surface area contributed by atoms with Gasteiger partial charge in [0.1, 0.15) is 18.1 Å². The highest BCUT2D eigenvalue weighted by Crippen LogP contribution is 2.38. The molecule has 0 atom stereocenters. The Morgan fingerprint density at radius 2 is 1.80 bits per heavy atom. The van der Waals surface area contributed by atoms with Gasteiger partial charge in [0.15, 0.2) is 0 Å². The summed E-state index contributed by atoms with van der Waals surface area (Å²) >= 11 is 0. The van der Waals surface area contributed by atoms with Crippen molar-refractivity contribution in [1.29, 1.82) is 0 Å². The van der Waals surface area contributed by atoms with E-state index in [1.165, 1.54) is 61.3 Å². The first-order valence-electron chi connectivity index (χ1n) is 9.25. The molecule has 0 spiro atoms. The summed E-state index contributed by atoms with van der Waals surface area (Å²) in [5.41, 5.74) is 6.74. The van der Waals surface area contributed by atoms with Crippen molar-refractivity contribution < 1.29 is 4.57 Å². The van der Waals surface area contributed by atoms with Gasteiger partial charge >= 0.3 is 5.82 Å². The van der Waals surface area contributed by atoms with Gasteiger partial charge in [-0.2, -0.15) is 5.10 Å². The van der Waals surface area contributed by atoms with E-state index in [2.05, 4.69) is 66.6 Å². The Morgan fingerprint density at radius 3 is 2.36 bits per heavy atom. The van der Waals surface area contributed by atoms with Crippen molar-refractivity contribution in [3.05, 3.63) is 41.5 Å². The van der Waals surface area contributed by atoms with E-state index >= 15 is 0 Å². The van der Waals surface area contributed by atoms with E-state index in [0.717, 1.165) is 11.5 Å². The smallest absolute Gasteiger partial charge is 0.304 e. The molecule has 0 unspecified atom stereocenters. The van der Waals surface area contributed by atoms with E-state index in [9.17, 15) is 0 Å². The zero-order chi connectivity index (χ0) is 17.6. The van der Waals surface area contributed by atoms with E-state index in [0.29, 0.717) is 0 Å². The number of nitrogens with zero attached hydrogens (tertiary/aromatic N) is 5. The Kier molecular flexibility index (Phi) is 4.02. The van der Waals surface area contributed by atoms with Crippen molar-refractivity contribution >= 4 is 17.1 Å². The van der Waals surface area contributed by atoms with E-state index < -0.39 is 0 Å². The lowest BCUT2D eigenvalue weighted by molar-refractivity contribution is -0.672. The number of anilines is 2. The second-order valence-electron chi connectivity index (χ2n) is 7.36. The first kappa shape index (κ1) is 16.2. The number of aryl methyl sites for hydroxylation is 4. The minimum Gasteiger partial charge on any atom is -0.371 e. The molecule has 2 aliphatic rings.